The van der Waals surface area contributed by atoms with Gasteiger partial charge in [0, 0.05) is 17.6 Å². The Morgan fingerprint density at radius 2 is 1.87 bits per heavy atom. The van der Waals surface area contributed by atoms with Crippen molar-refractivity contribution in [3.8, 4) is 5.75 Å². The molecular weight excluding hydrogens is 310 g/mol. The maximum Gasteiger partial charge on any atom is 0.261 e. The van der Waals surface area contributed by atoms with Crippen LogP contribution in [-0.2, 0) is 6.54 Å². The Bertz CT molecular complexity index is 885. The van der Waals surface area contributed by atoms with Gasteiger partial charge in [-0.3, -0.25) is 4.79 Å². The summed E-state index contributed by atoms with van der Waals surface area (Å²) < 4.78 is 0. The minimum atomic E-state index is -0.115. The summed E-state index contributed by atoms with van der Waals surface area (Å²) in [6, 6.07) is 6.78. The molecule has 0 aliphatic heterocycles. The van der Waals surface area contributed by atoms with Gasteiger partial charge in [0.1, 0.15) is 16.4 Å². The lowest BCUT2D eigenvalue weighted by Crippen LogP contribution is -2.22. The average molecular weight is 327 g/mol. The van der Waals surface area contributed by atoms with E-state index in [0.717, 1.165) is 27.0 Å². The average Bonchev–Trinajstić information content (AvgIpc) is 2.83. The second-order valence-corrected chi connectivity index (χ2v) is 6.44. The zero-order valence-electron chi connectivity index (χ0n) is 13.2. The molecule has 0 aliphatic rings. The Kier molecular flexibility index (Phi) is 4.00. The van der Waals surface area contributed by atoms with Crippen molar-refractivity contribution in [1.29, 1.82) is 0 Å². The third kappa shape index (κ3) is 3.03. The van der Waals surface area contributed by atoms with E-state index in [1.165, 1.54) is 11.3 Å². The minimum absolute atomic E-state index is 0.115. The van der Waals surface area contributed by atoms with E-state index in [1.54, 1.807) is 24.3 Å². The Hall–Kier alpha value is -2.47. The van der Waals surface area contributed by atoms with Gasteiger partial charge in [-0.15, -0.1) is 11.3 Å². The minimum Gasteiger partial charge on any atom is -0.508 e. The lowest BCUT2D eigenvalue weighted by Gasteiger charge is -2.05. The van der Waals surface area contributed by atoms with E-state index < -0.39 is 0 Å². The summed E-state index contributed by atoms with van der Waals surface area (Å²) in [4.78, 5) is 22.8. The van der Waals surface area contributed by atoms with Crippen LogP contribution >= 0.6 is 11.3 Å². The largest absolute Gasteiger partial charge is 0.508 e. The number of hydrogen-bond acceptors (Lipinski definition) is 5. The second kappa shape index (κ2) is 5.96. The Morgan fingerprint density at radius 3 is 2.57 bits per heavy atom. The molecule has 2 N–H and O–H groups in total. The van der Waals surface area contributed by atoms with Crippen LogP contribution in [0.2, 0.25) is 0 Å². The number of aryl methyl sites for hydroxylation is 3. The van der Waals surface area contributed by atoms with Crippen molar-refractivity contribution < 1.29 is 9.90 Å². The number of nitrogens with one attached hydrogen (secondary N) is 1. The van der Waals surface area contributed by atoms with Gasteiger partial charge in [0.2, 0.25) is 0 Å². The molecule has 0 unspecified atom stereocenters. The summed E-state index contributed by atoms with van der Waals surface area (Å²) >= 11 is 1.39. The first-order valence-corrected chi connectivity index (χ1v) is 8.08. The molecule has 0 aliphatic carbocycles. The van der Waals surface area contributed by atoms with E-state index in [-0.39, 0.29) is 11.7 Å². The number of carbonyl (C=O) groups excluding carboxylic acids is 1. The maximum atomic E-state index is 12.5. The number of thiophene rings is 1. The Balaban J connectivity index is 1.85. The standard InChI is InChI=1S/C17H17N3O2S/c1-9-14-10(2)19-11(3)20-17(14)23-15(9)16(22)18-8-12-4-6-13(21)7-5-12/h4-7,21H,8H2,1-3H3,(H,18,22). The third-order valence-corrected chi connectivity index (χ3v) is 4.86. The van der Waals surface area contributed by atoms with E-state index in [2.05, 4.69) is 15.3 Å². The Morgan fingerprint density at radius 1 is 1.17 bits per heavy atom. The van der Waals surface area contributed by atoms with Gasteiger partial charge in [-0.25, -0.2) is 9.97 Å². The van der Waals surface area contributed by atoms with Gasteiger partial charge in [0.15, 0.2) is 0 Å². The van der Waals surface area contributed by atoms with E-state index in [9.17, 15) is 9.90 Å². The van der Waals surface area contributed by atoms with Crippen molar-refractivity contribution in [3.05, 3.63) is 51.8 Å². The molecule has 0 spiro atoms. The fourth-order valence-corrected chi connectivity index (χ4v) is 3.76. The second-order valence-electron chi connectivity index (χ2n) is 5.44. The first kappa shape index (κ1) is 15.4. The topological polar surface area (TPSA) is 75.1 Å². The van der Waals surface area contributed by atoms with Crippen molar-refractivity contribution in [2.24, 2.45) is 0 Å². The van der Waals surface area contributed by atoms with Gasteiger partial charge in [0.25, 0.3) is 5.91 Å². The lowest BCUT2D eigenvalue weighted by atomic mass is 10.1. The molecule has 1 aromatic carbocycles. The highest BCUT2D eigenvalue weighted by molar-refractivity contribution is 7.20. The molecular formula is C17H17N3O2S. The molecule has 5 nitrogen and oxygen atoms in total. The monoisotopic (exact) mass is 327 g/mol. The van der Waals surface area contributed by atoms with Gasteiger partial charge in [-0.05, 0) is 44.0 Å². The van der Waals surface area contributed by atoms with Crippen molar-refractivity contribution in [2.75, 3.05) is 0 Å². The molecule has 0 saturated heterocycles. The molecule has 118 valence electrons. The zero-order chi connectivity index (χ0) is 16.6. The summed E-state index contributed by atoms with van der Waals surface area (Å²) in [6.45, 7) is 6.14. The smallest absolute Gasteiger partial charge is 0.261 e. The van der Waals surface area contributed by atoms with Gasteiger partial charge in [-0.2, -0.15) is 0 Å². The van der Waals surface area contributed by atoms with Crippen LogP contribution in [0.15, 0.2) is 24.3 Å². The number of nitrogens with zero attached hydrogens (tertiary/aromatic N) is 2. The van der Waals surface area contributed by atoms with E-state index in [0.29, 0.717) is 17.2 Å². The van der Waals surface area contributed by atoms with Crippen LogP contribution in [0.5, 0.6) is 5.75 Å². The number of carbonyl (C=O) groups is 1. The summed E-state index contributed by atoms with van der Waals surface area (Å²) in [5.41, 5.74) is 2.76. The number of amides is 1. The van der Waals surface area contributed by atoms with Crippen molar-refractivity contribution in [3.63, 3.8) is 0 Å². The highest BCUT2D eigenvalue weighted by atomic mass is 32.1. The number of rotatable bonds is 3. The number of benzene rings is 1. The molecule has 0 radical (unpaired) electrons. The van der Waals surface area contributed by atoms with Crippen LogP contribution in [0.25, 0.3) is 10.2 Å². The van der Waals surface area contributed by atoms with E-state index in [4.69, 9.17) is 0 Å². The SMILES string of the molecule is Cc1nc(C)c2c(C)c(C(=O)NCc3ccc(O)cc3)sc2n1. The number of aromatic nitrogens is 2. The number of fused-ring (bicyclic) bond motifs is 1. The van der Waals surface area contributed by atoms with Crippen LogP contribution in [-0.4, -0.2) is 21.0 Å². The number of aromatic hydroxyl groups is 1. The molecule has 3 aromatic rings. The first-order valence-electron chi connectivity index (χ1n) is 7.26. The first-order chi connectivity index (χ1) is 11.0. The zero-order valence-corrected chi connectivity index (χ0v) is 14.0. The van der Waals surface area contributed by atoms with Crippen LogP contribution in [0, 0.1) is 20.8 Å². The molecule has 0 fully saturated rings. The van der Waals surface area contributed by atoms with Crippen LogP contribution in [0.3, 0.4) is 0 Å². The molecule has 2 aromatic heterocycles. The number of phenols is 1. The predicted molar refractivity (Wildman–Crippen MR) is 90.9 cm³/mol. The van der Waals surface area contributed by atoms with E-state index >= 15 is 0 Å². The van der Waals surface area contributed by atoms with Crippen molar-refractivity contribution >= 4 is 27.5 Å². The van der Waals surface area contributed by atoms with Crippen LogP contribution in [0.4, 0.5) is 0 Å². The molecule has 0 saturated carbocycles. The molecule has 0 atom stereocenters. The third-order valence-electron chi connectivity index (χ3n) is 3.68. The molecule has 6 heteroatoms. The Labute approximate surface area is 138 Å². The van der Waals surface area contributed by atoms with Gasteiger partial charge >= 0.3 is 0 Å². The van der Waals surface area contributed by atoms with E-state index in [1.807, 2.05) is 20.8 Å². The maximum absolute atomic E-state index is 12.5. The number of phenolic OH excluding ortho intramolecular Hbond substituents is 1. The summed E-state index contributed by atoms with van der Waals surface area (Å²) in [6.07, 6.45) is 0. The predicted octanol–water partition coefficient (Wildman–Crippen LogP) is 3.25. The molecule has 2 heterocycles. The summed E-state index contributed by atoms with van der Waals surface area (Å²) in [5.74, 6) is 0.813. The van der Waals surface area contributed by atoms with Crippen molar-refractivity contribution in [1.82, 2.24) is 15.3 Å². The lowest BCUT2D eigenvalue weighted by molar-refractivity contribution is 0.0954. The summed E-state index contributed by atoms with van der Waals surface area (Å²) in [7, 11) is 0. The van der Waals surface area contributed by atoms with Gasteiger partial charge < -0.3 is 10.4 Å². The van der Waals surface area contributed by atoms with Crippen LogP contribution in [0.1, 0.15) is 32.3 Å². The highest BCUT2D eigenvalue weighted by Gasteiger charge is 2.18. The summed E-state index contributed by atoms with van der Waals surface area (Å²) in [5, 5.41) is 13.2. The fourth-order valence-electron chi connectivity index (χ4n) is 2.57. The molecule has 1 amide bonds. The molecule has 23 heavy (non-hydrogen) atoms. The van der Waals surface area contributed by atoms with Crippen LogP contribution < -0.4 is 5.32 Å². The van der Waals surface area contributed by atoms with Gasteiger partial charge in [-0.1, -0.05) is 12.1 Å². The number of hydrogen-bond donors (Lipinski definition) is 2. The molecule has 0 bridgehead atoms. The van der Waals surface area contributed by atoms with Crippen molar-refractivity contribution in [2.45, 2.75) is 27.3 Å². The quantitative estimate of drug-likeness (QED) is 0.774. The fraction of sp³-hybridized carbons (Fsp3) is 0.235. The molecule has 3 rings (SSSR count). The normalized spacial score (nSPS) is 10.9. The van der Waals surface area contributed by atoms with Gasteiger partial charge in [0.05, 0.1) is 4.88 Å². The highest BCUT2D eigenvalue weighted by Crippen LogP contribution is 2.31.